The lowest BCUT2D eigenvalue weighted by Gasteiger charge is -2.09. The molecule has 0 bridgehead atoms. The summed E-state index contributed by atoms with van der Waals surface area (Å²) in [6, 6.07) is 17.3. The molecule has 21 heavy (non-hydrogen) atoms. The van der Waals surface area contributed by atoms with Crippen molar-refractivity contribution in [3.63, 3.8) is 0 Å². The summed E-state index contributed by atoms with van der Waals surface area (Å²) in [5, 5.41) is 7.54. The molecule has 0 radical (unpaired) electrons. The Hall–Kier alpha value is -2.88. The molecular weight excluding hydrogens is 262 g/mol. The molecule has 104 valence electrons. The van der Waals surface area contributed by atoms with Gasteiger partial charge >= 0.3 is 0 Å². The molecule has 1 heterocycles. The van der Waals surface area contributed by atoms with Crippen LogP contribution in [-0.2, 0) is 0 Å². The Balaban J connectivity index is 1.81. The highest BCUT2D eigenvalue weighted by molar-refractivity contribution is 5.94. The Labute approximate surface area is 123 Å². The maximum absolute atomic E-state index is 11.3. The molecule has 2 aromatic carbocycles. The van der Waals surface area contributed by atoms with Crippen LogP contribution in [0.25, 0.3) is 5.69 Å². The zero-order chi connectivity index (χ0) is 14.7. The zero-order valence-electron chi connectivity index (χ0n) is 11.7. The summed E-state index contributed by atoms with van der Waals surface area (Å²) in [4.78, 5) is 11.3. The molecule has 1 N–H and O–H groups in total. The molecule has 0 amide bonds. The van der Waals surface area contributed by atoms with Gasteiger partial charge in [0.1, 0.15) is 0 Å². The van der Waals surface area contributed by atoms with Crippen molar-refractivity contribution in [3.05, 3.63) is 72.6 Å². The molecule has 4 nitrogen and oxygen atoms in total. The molecule has 0 unspecified atom stereocenters. The Bertz CT molecular complexity index is 746. The maximum Gasteiger partial charge on any atom is 0.159 e. The lowest BCUT2D eigenvalue weighted by atomic mass is 10.1. The molecule has 4 heteroatoms. The smallest absolute Gasteiger partial charge is 0.159 e. The summed E-state index contributed by atoms with van der Waals surface area (Å²) in [5.74, 6) is 0.0715. The number of ketones is 1. The standard InChI is InChI=1S/C17H15N3O/c1-13(21)14-6-8-15(9-7-14)19-16-4-2-5-17(12-16)20-11-3-10-18-20/h2-12,19H,1H3. The number of hydrogen-bond acceptors (Lipinski definition) is 3. The molecule has 0 aliphatic heterocycles. The Morgan fingerprint density at radius 1 is 1.05 bits per heavy atom. The summed E-state index contributed by atoms with van der Waals surface area (Å²) < 4.78 is 1.81. The van der Waals surface area contributed by atoms with Gasteiger partial charge in [0.25, 0.3) is 0 Å². The lowest BCUT2D eigenvalue weighted by molar-refractivity contribution is 0.101. The third kappa shape index (κ3) is 3.00. The number of rotatable bonds is 4. The van der Waals surface area contributed by atoms with E-state index in [9.17, 15) is 4.79 Å². The molecular formula is C17H15N3O. The molecule has 1 aromatic heterocycles. The van der Waals surface area contributed by atoms with Crippen molar-refractivity contribution in [1.29, 1.82) is 0 Å². The summed E-state index contributed by atoms with van der Waals surface area (Å²) in [6.45, 7) is 1.57. The predicted molar refractivity (Wildman–Crippen MR) is 83.3 cm³/mol. The van der Waals surface area contributed by atoms with Gasteiger partial charge in [-0.25, -0.2) is 4.68 Å². The Kier molecular flexibility index (Phi) is 3.51. The highest BCUT2D eigenvalue weighted by Crippen LogP contribution is 2.20. The van der Waals surface area contributed by atoms with Crippen LogP contribution in [0.15, 0.2) is 67.0 Å². The fraction of sp³-hybridized carbons (Fsp3) is 0.0588. The monoisotopic (exact) mass is 277 g/mol. The average Bonchev–Trinajstić information content (AvgIpc) is 3.02. The van der Waals surface area contributed by atoms with Crippen LogP contribution in [0.2, 0.25) is 0 Å². The number of Topliss-reactive ketones (excluding diaryl/α,β-unsaturated/α-hetero) is 1. The summed E-state index contributed by atoms with van der Waals surface area (Å²) in [7, 11) is 0. The fourth-order valence-electron chi connectivity index (χ4n) is 2.10. The first-order chi connectivity index (χ1) is 10.2. The maximum atomic E-state index is 11.3. The van der Waals surface area contributed by atoms with Gasteiger partial charge in [0, 0.05) is 29.3 Å². The number of hydrogen-bond donors (Lipinski definition) is 1. The topological polar surface area (TPSA) is 46.9 Å². The van der Waals surface area contributed by atoms with Crippen molar-refractivity contribution in [2.45, 2.75) is 6.92 Å². The second-order valence-electron chi connectivity index (χ2n) is 4.76. The molecule has 0 saturated heterocycles. The number of nitrogens with one attached hydrogen (secondary N) is 1. The van der Waals surface area contributed by atoms with Crippen LogP contribution in [0.5, 0.6) is 0 Å². The van der Waals surface area contributed by atoms with Crippen molar-refractivity contribution >= 4 is 17.2 Å². The predicted octanol–water partition coefficient (Wildman–Crippen LogP) is 3.82. The van der Waals surface area contributed by atoms with Gasteiger partial charge in [-0.05, 0) is 55.5 Å². The van der Waals surface area contributed by atoms with E-state index in [4.69, 9.17) is 0 Å². The van der Waals surface area contributed by atoms with E-state index in [0.717, 1.165) is 17.1 Å². The van der Waals surface area contributed by atoms with E-state index in [0.29, 0.717) is 5.56 Å². The molecule has 0 aliphatic rings. The van der Waals surface area contributed by atoms with Crippen LogP contribution < -0.4 is 5.32 Å². The minimum Gasteiger partial charge on any atom is -0.355 e. The minimum absolute atomic E-state index is 0.0715. The Morgan fingerprint density at radius 3 is 2.52 bits per heavy atom. The number of nitrogens with zero attached hydrogens (tertiary/aromatic N) is 2. The molecule has 0 saturated carbocycles. The van der Waals surface area contributed by atoms with Crippen LogP contribution in [0.1, 0.15) is 17.3 Å². The van der Waals surface area contributed by atoms with Crippen LogP contribution in [0, 0.1) is 0 Å². The normalized spacial score (nSPS) is 10.3. The van der Waals surface area contributed by atoms with E-state index in [-0.39, 0.29) is 5.78 Å². The number of aromatic nitrogens is 2. The average molecular weight is 277 g/mol. The third-order valence-electron chi connectivity index (χ3n) is 3.20. The number of benzene rings is 2. The second-order valence-corrected chi connectivity index (χ2v) is 4.76. The number of carbonyl (C=O) groups is 1. The first-order valence-corrected chi connectivity index (χ1v) is 6.70. The first-order valence-electron chi connectivity index (χ1n) is 6.70. The second kappa shape index (κ2) is 5.63. The van der Waals surface area contributed by atoms with E-state index < -0.39 is 0 Å². The molecule has 0 fully saturated rings. The van der Waals surface area contributed by atoms with Crippen LogP contribution in [0.4, 0.5) is 11.4 Å². The molecule has 0 atom stereocenters. The lowest BCUT2D eigenvalue weighted by Crippen LogP contribution is -1.97. The van der Waals surface area contributed by atoms with Crippen LogP contribution in [-0.4, -0.2) is 15.6 Å². The van der Waals surface area contributed by atoms with E-state index >= 15 is 0 Å². The van der Waals surface area contributed by atoms with Crippen LogP contribution in [0.3, 0.4) is 0 Å². The SMILES string of the molecule is CC(=O)c1ccc(Nc2cccc(-n3cccn3)c2)cc1. The van der Waals surface area contributed by atoms with E-state index in [2.05, 4.69) is 10.4 Å². The largest absolute Gasteiger partial charge is 0.355 e. The highest BCUT2D eigenvalue weighted by Gasteiger charge is 2.01. The summed E-state index contributed by atoms with van der Waals surface area (Å²) >= 11 is 0. The van der Waals surface area contributed by atoms with Gasteiger partial charge in [-0.1, -0.05) is 6.07 Å². The van der Waals surface area contributed by atoms with Gasteiger partial charge in [-0.3, -0.25) is 4.79 Å². The molecule has 3 rings (SSSR count). The van der Waals surface area contributed by atoms with E-state index in [1.807, 2.05) is 65.5 Å². The zero-order valence-corrected chi connectivity index (χ0v) is 11.7. The van der Waals surface area contributed by atoms with Crippen LogP contribution >= 0.6 is 0 Å². The van der Waals surface area contributed by atoms with Gasteiger partial charge in [-0.2, -0.15) is 5.10 Å². The van der Waals surface area contributed by atoms with Gasteiger partial charge < -0.3 is 5.32 Å². The highest BCUT2D eigenvalue weighted by atomic mass is 16.1. The van der Waals surface area contributed by atoms with Gasteiger partial charge in [-0.15, -0.1) is 0 Å². The van der Waals surface area contributed by atoms with E-state index in [1.54, 1.807) is 13.1 Å². The van der Waals surface area contributed by atoms with Gasteiger partial charge in [0.15, 0.2) is 5.78 Å². The number of anilines is 2. The first kappa shape index (κ1) is 13.1. The summed E-state index contributed by atoms with van der Waals surface area (Å²) in [5.41, 5.74) is 3.62. The van der Waals surface area contributed by atoms with Gasteiger partial charge in [0.2, 0.25) is 0 Å². The van der Waals surface area contributed by atoms with Crippen molar-refractivity contribution in [2.24, 2.45) is 0 Å². The van der Waals surface area contributed by atoms with Crippen molar-refractivity contribution in [1.82, 2.24) is 9.78 Å². The fourth-order valence-corrected chi connectivity index (χ4v) is 2.10. The third-order valence-corrected chi connectivity index (χ3v) is 3.20. The summed E-state index contributed by atoms with van der Waals surface area (Å²) in [6.07, 6.45) is 3.65. The molecule has 0 aliphatic carbocycles. The minimum atomic E-state index is 0.0715. The van der Waals surface area contributed by atoms with Crippen molar-refractivity contribution < 1.29 is 4.79 Å². The van der Waals surface area contributed by atoms with E-state index in [1.165, 1.54) is 0 Å². The van der Waals surface area contributed by atoms with Gasteiger partial charge in [0.05, 0.1) is 5.69 Å². The quantitative estimate of drug-likeness (QED) is 0.737. The molecule has 3 aromatic rings. The van der Waals surface area contributed by atoms with Crippen molar-refractivity contribution in [2.75, 3.05) is 5.32 Å². The molecule has 0 spiro atoms. The van der Waals surface area contributed by atoms with Crippen molar-refractivity contribution in [3.8, 4) is 5.69 Å². The number of carbonyl (C=O) groups excluding carboxylic acids is 1. The Morgan fingerprint density at radius 2 is 1.86 bits per heavy atom.